The van der Waals surface area contributed by atoms with Gasteiger partial charge in [-0.1, -0.05) is 30.3 Å². The number of carbonyl (C=O) groups excluding carboxylic acids is 2. The Morgan fingerprint density at radius 2 is 1.86 bits per heavy atom. The van der Waals surface area contributed by atoms with Crippen LogP contribution in [0.4, 0.5) is 0 Å². The van der Waals surface area contributed by atoms with Crippen LogP contribution < -0.4 is 15.5 Å². The number of amides is 2. The first-order valence-corrected chi connectivity index (χ1v) is 8.80. The van der Waals surface area contributed by atoms with Crippen molar-refractivity contribution in [1.29, 1.82) is 0 Å². The summed E-state index contributed by atoms with van der Waals surface area (Å²) in [6.45, 7) is 1.80. The van der Waals surface area contributed by atoms with Crippen molar-refractivity contribution in [3.8, 4) is 5.75 Å². The SMILES string of the molecule is COc1ccccc1C(=O)NCC(=O)NN=Cc1c(C)n(C)c2ccccc12. The van der Waals surface area contributed by atoms with E-state index >= 15 is 0 Å². The van der Waals surface area contributed by atoms with Crippen molar-refractivity contribution in [2.45, 2.75) is 6.92 Å². The van der Waals surface area contributed by atoms with E-state index in [2.05, 4.69) is 20.4 Å². The average Bonchev–Trinajstić information content (AvgIpc) is 2.97. The molecule has 2 aromatic carbocycles. The topological polar surface area (TPSA) is 84.7 Å². The lowest BCUT2D eigenvalue weighted by Gasteiger charge is -2.08. The van der Waals surface area contributed by atoms with Crippen molar-refractivity contribution < 1.29 is 14.3 Å². The fourth-order valence-electron chi connectivity index (χ4n) is 3.01. The zero-order valence-corrected chi connectivity index (χ0v) is 16.0. The van der Waals surface area contributed by atoms with Crippen molar-refractivity contribution in [3.63, 3.8) is 0 Å². The second-order valence-electron chi connectivity index (χ2n) is 6.25. The van der Waals surface area contributed by atoms with Gasteiger partial charge in [0.1, 0.15) is 5.75 Å². The van der Waals surface area contributed by atoms with Gasteiger partial charge in [-0.05, 0) is 25.1 Å². The zero-order chi connectivity index (χ0) is 20.1. The number of aryl methyl sites for hydroxylation is 1. The number of rotatable bonds is 6. The lowest BCUT2D eigenvalue weighted by atomic mass is 10.1. The van der Waals surface area contributed by atoms with Gasteiger partial charge < -0.3 is 14.6 Å². The molecule has 2 amide bonds. The summed E-state index contributed by atoms with van der Waals surface area (Å²) in [4.78, 5) is 24.2. The third-order valence-electron chi connectivity index (χ3n) is 4.59. The quantitative estimate of drug-likeness (QED) is 0.510. The van der Waals surface area contributed by atoms with Gasteiger partial charge in [0.2, 0.25) is 0 Å². The van der Waals surface area contributed by atoms with Gasteiger partial charge in [-0.3, -0.25) is 9.59 Å². The Bertz CT molecular complexity index is 1050. The molecule has 0 bridgehead atoms. The number of ether oxygens (including phenoxy) is 1. The Labute approximate surface area is 163 Å². The van der Waals surface area contributed by atoms with Gasteiger partial charge in [-0.2, -0.15) is 5.10 Å². The number of nitrogens with one attached hydrogen (secondary N) is 2. The van der Waals surface area contributed by atoms with E-state index < -0.39 is 5.91 Å². The molecule has 2 N–H and O–H groups in total. The van der Waals surface area contributed by atoms with Crippen LogP contribution in [0.3, 0.4) is 0 Å². The molecule has 1 heterocycles. The van der Waals surface area contributed by atoms with Gasteiger partial charge in [0, 0.05) is 29.2 Å². The number of fused-ring (bicyclic) bond motifs is 1. The highest BCUT2D eigenvalue weighted by Crippen LogP contribution is 2.23. The van der Waals surface area contributed by atoms with E-state index in [9.17, 15) is 9.59 Å². The molecule has 144 valence electrons. The number of hydrogen-bond donors (Lipinski definition) is 2. The molecule has 0 aliphatic rings. The molecule has 0 radical (unpaired) electrons. The summed E-state index contributed by atoms with van der Waals surface area (Å²) >= 11 is 0. The molecule has 3 rings (SSSR count). The van der Waals surface area contributed by atoms with E-state index in [0.717, 1.165) is 22.2 Å². The maximum Gasteiger partial charge on any atom is 0.259 e. The second-order valence-corrected chi connectivity index (χ2v) is 6.25. The minimum absolute atomic E-state index is 0.192. The first-order valence-electron chi connectivity index (χ1n) is 8.80. The van der Waals surface area contributed by atoms with Gasteiger partial charge in [0.15, 0.2) is 0 Å². The third kappa shape index (κ3) is 3.88. The van der Waals surface area contributed by atoms with Crippen LogP contribution in [-0.4, -0.2) is 36.3 Å². The molecular formula is C21H22N4O3. The molecule has 0 aliphatic carbocycles. The minimum atomic E-state index is -0.419. The van der Waals surface area contributed by atoms with Crippen LogP contribution in [0, 0.1) is 6.92 Å². The molecule has 0 spiro atoms. The second kappa shape index (κ2) is 8.39. The van der Waals surface area contributed by atoms with Crippen molar-refractivity contribution in [2.24, 2.45) is 12.1 Å². The number of hydrazone groups is 1. The van der Waals surface area contributed by atoms with Gasteiger partial charge in [-0.15, -0.1) is 0 Å². The summed E-state index contributed by atoms with van der Waals surface area (Å²) in [5.41, 5.74) is 5.89. The van der Waals surface area contributed by atoms with Crippen LogP contribution in [0.15, 0.2) is 53.6 Å². The maximum absolute atomic E-state index is 12.2. The van der Waals surface area contributed by atoms with E-state index in [1.807, 2.05) is 38.2 Å². The van der Waals surface area contributed by atoms with Crippen LogP contribution in [0.1, 0.15) is 21.6 Å². The summed E-state index contributed by atoms with van der Waals surface area (Å²) < 4.78 is 7.22. The predicted octanol–water partition coefficient (Wildman–Crippen LogP) is 2.38. The molecule has 0 fully saturated rings. The smallest absolute Gasteiger partial charge is 0.259 e. The van der Waals surface area contributed by atoms with Crippen molar-refractivity contribution in [1.82, 2.24) is 15.3 Å². The number of hydrogen-bond acceptors (Lipinski definition) is 4. The molecule has 7 heteroatoms. The molecular weight excluding hydrogens is 356 g/mol. The van der Waals surface area contributed by atoms with Crippen LogP contribution in [0.25, 0.3) is 10.9 Å². The Balaban J connectivity index is 1.61. The standard InChI is InChI=1S/C21H22N4O3/c1-14-17(15-8-4-6-10-18(15)25(14)2)12-23-24-20(26)13-22-21(27)16-9-5-7-11-19(16)28-3/h4-12H,13H2,1-3H3,(H,22,27)(H,24,26). The largest absolute Gasteiger partial charge is 0.496 e. The number of aromatic nitrogens is 1. The minimum Gasteiger partial charge on any atom is -0.496 e. The van der Waals surface area contributed by atoms with Crippen LogP contribution in [-0.2, 0) is 11.8 Å². The Hall–Kier alpha value is -3.61. The summed E-state index contributed by atoms with van der Waals surface area (Å²) in [7, 11) is 3.48. The lowest BCUT2D eigenvalue weighted by molar-refractivity contribution is -0.120. The Morgan fingerprint density at radius 3 is 2.64 bits per heavy atom. The van der Waals surface area contributed by atoms with Crippen molar-refractivity contribution >= 4 is 28.9 Å². The zero-order valence-electron chi connectivity index (χ0n) is 16.0. The molecule has 7 nitrogen and oxygen atoms in total. The van der Waals surface area contributed by atoms with Crippen LogP contribution in [0.2, 0.25) is 0 Å². The monoisotopic (exact) mass is 378 g/mol. The first-order chi connectivity index (χ1) is 13.5. The van der Waals surface area contributed by atoms with E-state index in [4.69, 9.17) is 4.74 Å². The number of para-hydroxylation sites is 2. The van der Waals surface area contributed by atoms with E-state index in [1.165, 1.54) is 7.11 Å². The molecule has 0 aliphatic heterocycles. The summed E-state index contributed by atoms with van der Waals surface area (Å²) in [5, 5.41) is 7.65. The van der Waals surface area contributed by atoms with Gasteiger partial charge >= 0.3 is 0 Å². The highest BCUT2D eigenvalue weighted by molar-refractivity contribution is 6.01. The normalized spacial score (nSPS) is 11.0. The molecule has 28 heavy (non-hydrogen) atoms. The highest BCUT2D eigenvalue weighted by Gasteiger charge is 2.13. The van der Waals surface area contributed by atoms with E-state index in [0.29, 0.717) is 11.3 Å². The van der Waals surface area contributed by atoms with Gasteiger partial charge in [0.05, 0.1) is 25.4 Å². The highest BCUT2D eigenvalue weighted by atomic mass is 16.5. The fourth-order valence-corrected chi connectivity index (χ4v) is 3.01. The molecule has 0 saturated carbocycles. The fraction of sp³-hybridized carbons (Fsp3) is 0.190. The van der Waals surface area contributed by atoms with Crippen LogP contribution >= 0.6 is 0 Å². The molecule has 0 saturated heterocycles. The molecule has 3 aromatic rings. The average molecular weight is 378 g/mol. The number of benzene rings is 2. The van der Waals surface area contributed by atoms with Crippen molar-refractivity contribution in [2.75, 3.05) is 13.7 Å². The van der Waals surface area contributed by atoms with E-state index in [-0.39, 0.29) is 12.5 Å². The first kappa shape index (κ1) is 19.2. The molecule has 1 aromatic heterocycles. The van der Waals surface area contributed by atoms with Crippen LogP contribution in [0.5, 0.6) is 5.75 Å². The summed E-state index contributed by atoms with van der Waals surface area (Å²) in [6, 6.07) is 14.8. The maximum atomic E-state index is 12.2. The molecule has 0 atom stereocenters. The van der Waals surface area contributed by atoms with Gasteiger partial charge in [0.25, 0.3) is 11.8 Å². The summed E-state index contributed by atoms with van der Waals surface area (Å²) in [6.07, 6.45) is 1.62. The van der Waals surface area contributed by atoms with E-state index in [1.54, 1.807) is 30.5 Å². The van der Waals surface area contributed by atoms with Crippen molar-refractivity contribution in [3.05, 3.63) is 65.4 Å². The Kier molecular flexibility index (Phi) is 5.74. The lowest BCUT2D eigenvalue weighted by Crippen LogP contribution is -2.35. The number of nitrogens with zero attached hydrogens (tertiary/aromatic N) is 2. The summed E-state index contributed by atoms with van der Waals surface area (Å²) in [5.74, 6) is -0.358. The number of methoxy groups -OCH3 is 1. The predicted molar refractivity (Wildman–Crippen MR) is 109 cm³/mol. The Morgan fingerprint density at radius 1 is 1.14 bits per heavy atom. The van der Waals surface area contributed by atoms with Gasteiger partial charge in [-0.25, -0.2) is 5.43 Å². The number of carbonyl (C=O) groups is 2. The third-order valence-corrected chi connectivity index (χ3v) is 4.59. The molecule has 0 unspecified atom stereocenters.